The van der Waals surface area contributed by atoms with Gasteiger partial charge in [-0.3, -0.25) is 9.59 Å². The second-order valence-electron chi connectivity index (χ2n) is 6.77. The summed E-state index contributed by atoms with van der Waals surface area (Å²) in [7, 11) is -2.06. The first-order valence-corrected chi connectivity index (χ1v) is 11.3. The molecule has 1 aliphatic heterocycles. The summed E-state index contributed by atoms with van der Waals surface area (Å²) in [5, 5.41) is 2.54. The Kier molecular flexibility index (Phi) is 7.53. The molecule has 31 heavy (non-hydrogen) atoms. The van der Waals surface area contributed by atoms with Gasteiger partial charge in [0.25, 0.3) is 11.8 Å². The van der Waals surface area contributed by atoms with Gasteiger partial charge in [-0.25, -0.2) is 8.42 Å². The normalized spacial score (nSPS) is 14.8. The predicted molar refractivity (Wildman–Crippen MR) is 111 cm³/mol. The number of nitrogens with one attached hydrogen (secondary N) is 1. The first kappa shape index (κ1) is 22.6. The van der Waals surface area contributed by atoms with Crippen LogP contribution < -0.4 is 14.8 Å². The Labute approximate surface area is 180 Å². The van der Waals surface area contributed by atoms with E-state index < -0.39 is 15.9 Å². The van der Waals surface area contributed by atoms with Crippen molar-refractivity contribution in [2.45, 2.75) is 0 Å². The molecule has 11 heteroatoms. The fourth-order valence-corrected chi connectivity index (χ4v) is 4.44. The van der Waals surface area contributed by atoms with Crippen LogP contribution >= 0.6 is 0 Å². The number of carbonyl (C=O) groups excluding carboxylic acids is 2. The van der Waals surface area contributed by atoms with E-state index in [1.54, 1.807) is 41.3 Å². The first-order valence-electron chi connectivity index (χ1n) is 9.74. The van der Waals surface area contributed by atoms with Gasteiger partial charge in [0.15, 0.2) is 23.9 Å². The van der Waals surface area contributed by atoms with Crippen molar-refractivity contribution in [3.63, 3.8) is 0 Å². The molecule has 10 nitrogen and oxygen atoms in total. The zero-order chi connectivity index (χ0) is 22.3. The van der Waals surface area contributed by atoms with Crippen LogP contribution in [-0.4, -0.2) is 81.6 Å². The molecule has 2 amide bonds. The summed E-state index contributed by atoms with van der Waals surface area (Å²) in [6, 6.07) is 10.1. The minimum atomic E-state index is -3.56. The maximum Gasteiger partial charge on any atom is 0.289 e. The van der Waals surface area contributed by atoms with E-state index in [0.29, 0.717) is 11.5 Å². The predicted octanol–water partition coefficient (Wildman–Crippen LogP) is 0.571. The van der Waals surface area contributed by atoms with E-state index in [4.69, 9.17) is 13.9 Å². The van der Waals surface area contributed by atoms with Crippen molar-refractivity contribution in [2.24, 2.45) is 0 Å². The van der Waals surface area contributed by atoms with Crippen LogP contribution in [0.15, 0.2) is 47.1 Å². The van der Waals surface area contributed by atoms with Gasteiger partial charge in [-0.05, 0) is 24.3 Å². The molecule has 0 unspecified atom stereocenters. The van der Waals surface area contributed by atoms with Gasteiger partial charge in [-0.2, -0.15) is 4.31 Å². The second-order valence-corrected chi connectivity index (χ2v) is 8.86. The average molecular weight is 452 g/mol. The van der Waals surface area contributed by atoms with Crippen LogP contribution in [0.1, 0.15) is 10.6 Å². The van der Waals surface area contributed by atoms with E-state index in [1.807, 2.05) is 0 Å². The van der Waals surface area contributed by atoms with Crippen molar-refractivity contribution >= 4 is 21.8 Å². The number of hydrogen-bond donors (Lipinski definition) is 1. The van der Waals surface area contributed by atoms with Crippen molar-refractivity contribution in [2.75, 3.05) is 52.2 Å². The minimum absolute atomic E-state index is 0.0397. The number of rotatable bonds is 9. The monoisotopic (exact) mass is 451 g/mol. The Morgan fingerprint density at radius 3 is 2.42 bits per heavy atom. The molecule has 1 aromatic heterocycles. The number of furan rings is 1. The van der Waals surface area contributed by atoms with Gasteiger partial charge in [0.1, 0.15) is 0 Å². The van der Waals surface area contributed by atoms with Gasteiger partial charge in [-0.15, -0.1) is 0 Å². The van der Waals surface area contributed by atoms with E-state index in [2.05, 4.69) is 5.32 Å². The van der Waals surface area contributed by atoms with Crippen LogP contribution in [0.5, 0.6) is 11.5 Å². The third kappa shape index (κ3) is 5.98. The maximum atomic E-state index is 12.5. The number of carbonyl (C=O) groups is 2. The Balaban J connectivity index is 1.40. The highest BCUT2D eigenvalue weighted by Gasteiger charge is 2.29. The summed E-state index contributed by atoms with van der Waals surface area (Å²) < 4.78 is 42.1. The molecule has 0 spiro atoms. The highest BCUT2D eigenvalue weighted by Crippen LogP contribution is 2.25. The van der Waals surface area contributed by atoms with Crippen LogP contribution in [0.3, 0.4) is 0 Å². The molecular formula is C20H25N3O7S. The average Bonchev–Trinajstić information content (AvgIpc) is 3.32. The van der Waals surface area contributed by atoms with E-state index >= 15 is 0 Å². The lowest BCUT2D eigenvalue weighted by atomic mass is 10.3. The third-order valence-corrected chi connectivity index (χ3v) is 6.63. The SMILES string of the molecule is COc1ccccc1OCC(=O)NCCS(=O)(=O)N1CCN(C(=O)c2ccco2)CC1. The van der Waals surface area contributed by atoms with Crippen LogP contribution in [0.2, 0.25) is 0 Å². The van der Waals surface area contributed by atoms with E-state index in [9.17, 15) is 18.0 Å². The summed E-state index contributed by atoms with van der Waals surface area (Å²) in [4.78, 5) is 25.8. The molecule has 3 rings (SSSR count). The van der Waals surface area contributed by atoms with Crippen LogP contribution in [0, 0.1) is 0 Å². The molecule has 1 aromatic carbocycles. The molecule has 0 atom stereocenters. The van der Waals surface area contributed by atoms with Crippen molar-refractivity contribution in [3.05, 3.63) is 48.4 Å². The Hall–Kier alpha value is -3.05. The summed E-state index contributed by atoms with van der Waals surface area (Å²) >= 11 is 0. The Morgan fingerprint density at radius 1 is 1.06 bits per heavy atom. The van der Waals surface area contributed by atoms with E-state index in [1.165, 1.54) is 17.7 Å². The standard InChI is InChI=1S/C20H25N3O7S/c1-28-16-5-2-3-6-17(16)30-15-19(24)21-8-14-31(26,27)23-11-9-22(10-12-23)20(25)18-7-4-13-29-18/h2-7,13H,8-12,14-15H2,1H3,(H,21,24). The van der Waals surface area contributed by atoms with Gasteiger partial charge in [0.2, 0.25) is 10.0 Å². The molecule has 2 aromatic rings. The molecule has 0 radical (unpaired) electrons. The van der Waals surface area contributed by atoms with Gasteiger partial charge in [0.05, 0.1) is 19.1 Å². The maximum absolute atomic E-state index is 12.5. The fraction of sp³-hybridized carbons (Fsp3) is 0.400. The lowest BCUT2D eigenvalue weighted by Gasteiger charge is -2.33. The third-order valence-electron chi connectivity index (χ3n) is 4.76. The number of hydrogen-bond acceptors (Lipinski definition) is 7. The van der Waals surface area contributed by atoms with Crippen molar-refractivity contribution < 1.29 is 31.9 Å². The molecule has 1 aliphatic rings. The Morgan fingerprint density at radius 2 is 1.77 bits per heavy atom. The summed E-state index contributed by atoms with van der Waals surface area (Å²) in [5.41, 5.74) is 0. The summed E-state index contributed by atoms with van der Waals surface area (Å²) in [6.45, 7) is 0.644. The molecule has 1 saturated heterocycles. The largest absolute Gasteiger partial charge is 0.493 e. The molecule has 168 valence electrons. The molecule has 2 heterocycles. The van der Waals surface area contributed by atoms with Crippen LogP contribution in [-0.2, 0) is 14.8 Å². The van der Waals surface area contributed by atoms with Gasteiger partial charge in [0, 0.05) is 32.7 Å². The number of benzene rings is 1. The number of ether oxygens (including phenoxy) is 2. The van der Waals surface area contributed by atoms with Crippen molar-refractivity contribution in [1.82, 2.24) is 14.5 Å². The van der Waals surface area contributed by atoms with E-state index in [-0.39, 0.29) is 56.8 Å². The van der Waals surface area contributed by atoms with Crippen molar-refractivity contribution in [3.8, 4) is 11.5 Å². The summed E-state index contributed by atoms with van der Waals surface area (Å²) in [6.07, 6.45) is 1.42. The molecule has 1 N–H and O–H groups in total. The highest BCUT2D eigenvalue weighted by molar-refractivity contribution is 7.89. The topological polar surface area (TPSA) is 118 Å². The van der Waals surface area contributed by atoms with Gasteiger partial charge < -0.3 is 24.1 Å². The quantitative estimate of drug-likeness (QED) is 0.592. The zero-order valence-corrected chi connectivity index (χ0v) is 18.0. The first-order chi connectivity index (χ1) is 14.9. The molecule has 0 saturated carbocycles. The Bertz CT molecular complexity index is 984. The van der Waals surface area contributed by atoms with Crippen LogP contribution in [0.4, 0.5) is 0 Å². The molecular weight excluding hydrogens is 426 g/mol. The lowest BCUT2D eigenvalue weighted by molar-refractivity contribution is -0.122. The molecule has 0 bridgehead atoms. The van der Waals surface area contributed by atoms with Crippen LogP contribution in [0.25, 0.3) is 0 Å². The molecule has 0 aliphatic carbocycles. The number of methoxy groups -OCH3 is 1. The minimum Gasteiger partial charge on any atom is -0.493 e. The highest BCUT2D eigenvalue weighted by atomic mass is 32.2. The molecule has 1 fully saturated rings. The number of sulfonamides is 1. The van der Waals surface area contributed by atoms with Crippen molar-refractivity contribution in [1.29, 1.82) is 0 Å². The van der Waals surface area contributed by atoms with E-state index in [0.717, 1.165) is 0 Å². The van der Waals surface area contributed by atoms with Gasteiger partial charge in [-0.1, -0.05) is 12.1 Å². The number of piperazine rings is 1. The number of nitrogens with zero attached hydrogens (tertiary/aromatic N) is 2. The van der Waals surface area contributed by atoms with Gasteiger partial charge >= 0.3 is 0 Å². The number of amides is 2. The smallest absolute Gasteiger partial charge is 0.289 e. The second kappa shape index (κ2) is 10.3. The zero-order valence-electron chi connectivity index (χ0n) is 17.2. The lowest BCUT2D eigenvalue weighted by Crippen LogP contribution is -2.51. The summed E-state index contributed by atoms with van der Waals surface area (Å²) in [5.74, 6) is 0.227. The fourth-order valence-electron chi connectivity index (χ4n) is 3.11. The number of para-hydroxylation sites is 2.